The SMILES string of the molecule is CN(C1CCCC1)S(=O)(=O)Cc1ccc(Cl)cc1. The van der Waals surface area contributed by atoms with Gasteiger partial charge in [0, 0.05) is 18.1 Å². The normalized spacial score (nSPS) is 17.5. The second-order valence-electron chi connectivity index (χ2n) is 4.84. The molecule has 100 valence electrons. The van der Waals surface area contributed by atoms with E-state index in [1.807, 2.05) is 0 Å². The molecular weight excluding hydrogens is 270 g/mol. The molecule has 1 aromatic carbocycles. The Morgan fingerprint density at radius 3 is 2.33 bits per heavy atom. The fourth-order valence-corrected chi connectivity index (χ4v) is 4.00. The minimum Gasteiger partial charge on any atom is -0.212 e. The molecule has 5 heteroatoms. The standard InChI is InChI=1S/C13H18ClNO2S/c1-15(13-4-2-3-5-13)18(16,17)10-11-6-8-12(14)9-7-11/h6-9,13H,2-5,10H2,1H3. The first-order chi connectivity index (χ1) is 8.49. The summed E-state index contributed by atoms with van der Waals surface area (Å²) in [7, 11) is -1.52. The van der Waals surface area contributed by atoms with Crippen LogP contribution in [0.2, 0.25) is 5.02 Å². The van der Waals surface area contributed by atoms with E-state index in [0.29, 0.717) is 5.02 Å². The molecule has 0 amide bonds. The fourth-order valence-electron chi connectivity index (χ4n) is 2.39. The first-order valence-corrected chi connectivity index (χ1v) is 8.18. The third kappa shape index (κ3) is 3.25. The number of sulfonamides is 1. The summed E-state index contributed by atoms with van der Waals surface area (Å²) < 4.78 is 26.1. The van der Waals surface area contributed by atoms with Crippen LogP contribution in [0.1, 0.15) is 31.2 Å². The lowest BCUT2D eigenvalue weighted by Crippen LogP contribution is -2.36. The highest BCUT2D eigenvalue weighted by molar-refractivity contribution is 7.88. The van der Waals surface area contributed by atoms with Gasteiger partial charge in [0.05, 0.1) is 5.75 Å². The molecule has 1 fully saturated rings. The Balaban J connectivity index is 2.08. The van der Waals surface area contributed by atoms with Gasteiger partial charge in [0.2, 0.25) is 10.0 Å². The maximum absolute atomic E-state index is 12.3. The van der Waals surface area contributed by atoms with Gasteiger partial charge in [0.1, 0.15) is 0 Å². The molecule has 0 N–H and O–H groups in total. The van der Waals surface area contributed by atoms with Gasteiger partial charge in [-0.1, -0.05) is 36.6 Å². The molecular formula is C13H18ClNO2S. The van der Waals surface area contributed by atoms with E-state index in [9.17, 15) is 8.42 Å². The summed E-state index contributed by atoms with van der Waals surface area (Å²) in [5, 5.41) is 0.625. The second kappa shape index (κ2) is 5.59. The minimum atomic E-state index is -3.22. The molecule has 0 radical (unpaired) electrons. The van der Waals surface area contributed by atoms with Crippen LogP contribution in [-0.4, -0.2) is 25.8 Å². The molecule has 1 saturated carbocycles. The van der Waals surface area contributed by atoms with E-state index in [1.54, 1.807) is 35.6 Å². The molecule has 3 nitrogen and oxygen atoms in total. The lowest BCUT2D eigenvalue weighted by molar-refractivity contribution is 0.372. The third-order valence-corrected chi connectivity index (χ3v) is 5.67. The molecule has 0 bridgehead atoms. The number of benzene rings is 1. The fraction of sp³-hybridized carbons (Fsp3) is 0.538. The van der Waals surface area contributed by atoms with Crippen molar-refractivity contribution < 1.29 is 8.42 Å². The Morgan fingerprint density at radius 1 is 1.22 bits per heavy atom. The summed E-state index contributed by atoms with van der Waals surface area (Å²) >= 11 is 5.79. The smallest absolute Gasteiger partial charge is 0.212 e. The first-order valence-electron chi connectivity index (χ1n) is 6.19. The van der Waals surface area contributed by atoms with E-state index in [-0.39, 0.29) is 11.8 Å². The van der Waals surface area contributed by atoms with Crippen molar-refractivity contribution >= 4 is 21.6 Å². The predicted molar refractivity (Wildman–Crippen MR) is 74.1 cm³/mol. The first kappa shape index (κ1) is 13.8. The molecule has 2 rings (SSSR count). The van der Waals surface area contributed by atoms with Crippen LogP contribution in [0, 0.1) is 0 Å². The Labute approximate surface area is 114 Å². The quantitative estimate of drug-likeness (QED) is 0.853. The van der Waals surface area contributed by atoms with Crippen LogP contribution in [0.15, 0.2) is 24.3 Å². The Kier molecular flexibility index (Phi) is 4.30. The number of nitrogens with zero attached hydrogens (tertiary/aromatic N) is 1. The minimum absolute atomic E-state index is 0.0527. The molecule has 0 aliphatic heterocycles. The van der Waals surface area contributed by atoms with Gasteiger partial charge < -0.3 is 0 Å². The van der Waals surface area contributed by atoms with Crippen molar-refractivity contribution in [3.8, 4) is 0 Å². The van der Waals surface area contributed by atoms with E-state index in [2.05, 4.69) is 0 Å². The summed E-state index contributed by atoms with van der Waals surface area (Å²) in [5.74, 6) is 0.0527. The van der Waals surface area contributed by atoms with Crippen molar-refractivity contribution in [1.82, 2.24) is 4.31 Å². The molecule has 0 spiro atoms. The van der Waals surface area contributed by atoms with Crippen LogP contribution in [0.3, 0.4) is 0 Å². The largest absolute Gasteiger partial charge is 0.218 e. The van der Waals surface area contributed by atoms with Crippen molar-refractivity contribution in [3.63, 3.8) is 0 Å². The van der Waals surface area contributed by atoms with E-state index in [0.717, 1.165) is 31.2 Å². The average molecular weight is 288 g/mol. The van der Waals surface area contributed by atoms with Crippen molar-refractivity contribution in [2.24, 2.45) is 0 Å². The topological polar surface area (TPSA) is 37.4 Å². The van der Waals surface area contributed by atoms with Crippen LogP contribution in [0.25, 0.3) is 0 Å². The molecule has 0 unspecified atom stereocenters. The van der Waals surface area contributed by atoms with Crippen LogP contribution < -0.4 is 0 Å². The van der Waals surface area contributed by atoms with Gasteiger partial charge in [0.15, 0.2) is 0 Å². The molecule has 0 aromatic heterocycles. The maximum atomic E-state index is 12.3. The molecule has 1 aromatic rings. The zero-order valence-electron chi connectivity index (χ0n) is 10.5. The Bertz CT molecular complexity index is 492. The highest BCUT2D eigenvalue weighted by Gasteiger charge is 2.28. The number of rotatable bonds is 4. The van der Waals surface area contributed by atoms with E-state index in [1.165, 1.54) is 0 Å². The van der Waals surface area contributed by atoms with Gasteiger partial charge in [-0.2, -0.15) is 0 Å². The van der Waals surface area contributed by atoms with E-state index >= 15 is 0 Å². The molecule has 0 heterocycles. The predicted octanol–water partition coefficient (Wildman–Crippen LogP) is 3.04. The number of halogens is 1. The summed E-state index contributed by atoms with van der Waals surface area (Å²) in [4.78, 5) is 0. The highest BCUT2D eigenvalue weighted by Crippen LogP contribution is 2.25. The van der Waals surface area contributed by atoms with Crippen molar-refractivity contribution in [1.29, 1.82) is 0 Å². The molecule has 1 aliphatic rings. The van der Waals surface area contributed by atoms with Crippen LogP contribution in [0.5, 0.6) is 0 Å². The lowest BCUT2D eigenvalue weighted by atomic mass is 10.2. The van der Waals surface area contributed by atoms with Gasteiger partial charge in [-0.3, -0.25) is 0 Å². The average Bonchev–Trinajstić information content (AvgIpc) is 2.84. The second-order valence-corrected chi connectivity index (χ2v) is 7.30. The van der Waals surface area contributed by atoms with Crippen LogP contribution in [0.4, 0.5) is 0 Å². The van der Waals surface area contributed by atoms with Crippen molar-refractivity contribution in [2.75, 3.05) is 7.05 Å². The van der Waals surface area contributed by atoms with Crippen LogP contribution >= 0.6 is 11.6 Å². The van der Waals surface area contributed by atoms with Crippen LogP contribution in [-0.2, 0) is 15.8 Å². The van der Waals surface area contributed by atoms with Gasteiger partial charge in [-0.05, 0) is 30.5 Å². The number of hydrogen-bond acceptors (Lipinski definition) is 2. The summed E-state index contributed by atoms with van der Waals surface area (Å²) in [6.45, 7) is 0. The van der Waals surface area contributed by atoms with Crippen molar-refractivity contribution in [2.45, 2.75) is 37.5 Å². The lowest BCUT2D eigenvalue weighted by Gasteiger charge is -2.23. The van der Waals surface area contributed by atoms with Gasteiger partial charge in [0.25, 0.3) is 0 Å². The van der Waals surface area contributed by atoms with E-state index in [4.69, 9.17) is 11.6 Å². The van der Waals surface area contributed by atoms with Gasteiger partial charge in [-0.25, -0.2) is 12.7 Å². The molecule has 1 aliphatic carbocycles. The zero-order valence-corrected chi connectivity index (χ0v) is 12.0. The summed E-state index contributed by atoms with van der Waals surface area (Å²) in [6, 6.07) is 7.16. The summed E-state index contributed by atoms with van der Waals surface area (Å²) in [6.07, 6.45) is 4.23. The maximum Gasteiger partial charge on any atom is 0.218 e. The molecule has 18 heavy (non-hydrogen) atoms. The van der Waals surface area contributed by atoms with E-state index < -0.39 is 10.0 Å². The molecule has 0 saturated heterocycles. The van der Waals surface area contributed by atoms with Gasteiger partial charge >= 0.3 is 0 Å². The number of hydrogen-bond donors (Lipinski definition) is 0. The van der Waals surface area contributed by atoms with Crippen molar-refractivity contribution in [3.05, 3.63) is 34.9 Å². The Morgan fingerprint density at radius 2 is 1.78 bits per heavy atom. The highest BCUT2D eigenvalue weighted by atomic mass is 35.5. The monoisotopic (exact) mass is 287 g/mol. The zero-order chi connectivity index (χ0) is 13.2. The Hall–Kier alpha value is -0.580. The van der Waals surface area contributed by atoms with Gasteiger partial charge in [-0.15, -0.1) is 0 Å². The molecule has 0 atom stereocenters. The summed E-state index contributed by atoms with van der Waals surface area (Å²) in [5.41, 5.74) is 0.782. The third-order valence-electron chi connectivity index (χ3n) is 3.54.